The van der Waals surface area contributed by atoms with Gasteiger partial charge in [0.2, 0.25) is 0 Å². The zero-order valence-electron chi connectivity index (χ0n) is 11.6. The van der Waals surface area contributed by atoms with Crippen LogP contribution in [-0.2, 0) is 9.84 Å². The lowest BCUT2D eigenvalue weighted by molar-refractivity contribution is 0.0933. The summed E-state index contributed by atoms with van der Waals surface area (Å²) >= 11 is 7.03. The molecule has 1 aliphatic rings. The number of thiophene rings is 1. The Kier molecular flexibility index (Phi) is 3.96. The molecule has 0 bridgehead atoms. The van der Waals surface area contributed by atoms with Gasteiger partial charge < -0.3 is 5.32 Å². The van der Waals surface area contributed by atoms with Crippen molar-refractivity contribution < 1.29 is 13.2 Å². The van der Waals surface area contributed by atoms with E-state index in [9.17, 15) is 13.2 Å². The first kappa shape index (κ1) is 15.5. The average molecular weight is 357 g/mol. The maximum absolute atomic E-state index is 12.3. The van der Waals surface area contributed by atoms with Gasteiger partial charge in [-0.15, -0.1) is 11.3 Å². The van der Waals surface area contributed by atoms with Gasteiger partial charge in [-0.25, -0.2) is 8.42 Å². The number of amides is 1. The van der Waals surface area contributed by atoms with E-state index in [0.29, 0.717) is 26.8 Å². The number of fused-ring (bicyclic) bond motifs is 1. The molecule has 2 atom stereocenters. The molecule has 116 valence electrons. The smallest absolute Gasteiger partial charge is 0.253 e. The second-order valence-electron chi connectivity index (χ2n) is 5.17. The van der Waals surface area contributed by atoms with E-state index in [1.54, 1.807) is 18.4 Å². The van der Waals surface area contributed by atoms with Crippen LogP contribution in [0.4, 0.5) is 0 Å². The highest BCUT2D eigenvalue weighted by Crippen LogP contribution is 2.39. The van der Waals surface area contributed by atoms with Crippen LogP contribution in [0.25, 0.3) is 0 Å². The molecular weight excluding hydrogens is 344 g/mol. The lowest BCUT2D eigenvalue weighted by Gasteiger charge is -2.28. The third-order valence-corrected chi connectivity index (χ3v) is 7.58. The number of nitrogens with one attached hydrogen (secondary N) is 1. The van der Waals surface area contributed by atoms with Gasteiger partial charge in [0.15, 0.2) is 9.84 Å². The van der Waals surface area contributed by atoms with Crippen LogP contribution in [0.15, 0.2) is 34.1 Å². The first-order chi connectivity index (χ1) is 10.4. The summed E-state index contributed by atoms with van der Waals surface area (Å²) in [6, 6.07) is 2.96. The quantitative estimate of drug-likeness (QED) is 0.897. The molecule has 5 nitrogen and oxygen atoms in total. The molecule has 3 heterocycles. The Labute approximate surface area is 137 Å². The summed E-state index contributed by atoms with van der Waals surface area (Å²) in [5, 5.41) is 4.47. The zero-order chi connectivity index (χ0) is 15.9. The molecule has 1 amide bonds. The van der Waals surface area contributed by atoms with Crippen molar-refractivity contribution in [3.63, 3.8) is 0 Å². The van der Waals surface area contributed by atoms with E-state index in [1.807, 2.05) is 0 Å². The summed E-state index contributed by atoms with van der Waals surface area (Å²) in [4.78, 5) is 16.2. The number of hydrogen-bond donors (Lipinski definition) is 1. The van der Waals surface area contributed by atoms with Crippen LogP contribution in [0.5, 0.6) is 0 Å². The lowest BCUT2D eigenvalue weighted by atomic mass is 10.0. The van der Waals surface area contributed by atoms with Gasteiger partial charge in [0.05, 0.1) is 21.9 Å². The van der Waals surface area contributed by atoms with Gasteiger partial charge in [0, 0.05) is 18.0 Å². The maximum Gasteiger partial charge on any atom is 0.253 e. The fourth-order valence-corrected chi connectivity index (χ4v) is 5.88. The van der Waals surface area contributed by atoms with Crippen LogP contribution in [-0.4, -0.2) is 24.6 Å². The molecule has 2 aromatic heterocycles. The normalized spacial score (nSPS) is 22.8. The van der Waals surface area contributed by atoms with Crippen molar-refractivity contribution in [2.24, 2.45) is 0 Å². The van der Waals surface area contributed by atoms with Crippen LogP contribution in [0.3, 0.4) is 0 Å². The minimum atomic E-state index is -3.28. The molecule has 8 heteroatoms. The lowest BCUT2D eigenvalue weighted by Crippen LogP contribution is -2.36. The molecule has 0 fully saturated rings. The first-order valence-corrected chi connectivity index (χ1v) is 9.42. The Morgan fingerprint density at radius 1 is 1.45 bits per heavy atom. The van der Waals surface area contributed by atoms with E-state index in [0.717, 1.165) is 0 Å². The highest BCUT2D eigenvalue weighted by Gasteiger charge is 2.38. The third-order valence-electron chi connectivity index (χ3n) is 3.66. The summed E-state index contributed by atoms with van der Waals surface area (Å²) in [7, 11) is -3.28. The van der Waals surface area contributed by atoms with Crippen molar-refractivity contribution in [3.05, 3.63) is 46.1 Å². The second kappa shape index (κ2) is 5.64. The number of hydrogen-bond acceptors (Lipinski definition) is 5. The molecule has 0 radical (unpaired) electrons. The maximum atomic E-state index is 12.3. The topological polar surface area (TPSA) is 76.1 Å². The van der Waals surface area contributed by atoms with Gasteiger partial charge in [-0.05, 0) is 30.9 Å². The predicted octanol–water partition coefficient (Wildman–Crippen LogP) is 2.83. The number of halogens is 1. The van der Waals surface area contributed by atoms with E-state index in [2.05, 4.69) is 10.3 Å². The van der Waals surface area contributed by atoms with E-state index >= 15 is 0 Å². The van der Waals surface area contributed by atoms with Gasteiger partial charge in [0.25, 0.3) is 5.91 Å². The van der Waals surface area contributed by atoms with Crippen molar-refractivity contribution >= 4 is 38.7 Å². The molecule has 0 spiro atoms. The molecule has 3 rings (SSSR count). The Morgan fingerprint density at radius 2 is 2.23 bits per heavy atom. The van der Waals surface area contributed by atoms with Crippen molar-refractivity contribution in [2.75, 3.05) is 0 Å². The van der Waals surface area contributed by atoms with Crippen molar-refractivity contribution in [2.45, 2.75) is 28.8 Å². The van der Waals surface area contributed by atoms with E-state index in [1.165, 1.54) is 29.8 Å². The van der Waals surface area contributed by atoms with Gasteiger partial charge in [-0.3, -0.25) is 9.78 Å². The second-order valence-corrected chi connectivity index (χ2v) is 9.09. The molecule has 1 aliphatic heterocycles. The molecule has 22 heavy (non-hydrogen) atoms. The summed E-state index contributed by atoms with van der Waals surface area (Å²) in [6.07, 6.45) is 3.23. The third kappa shape index (κ3) is 2.64. The van der Waals surface area contributed by atoms with Crippen molar-refractivity contribution in [1.29, 1.82) is 0 Å². The highest BCUT2D eigenvalue weighted by molar-refractivity contribution is 7.94. The SMILES string of the molecule is C[C@H]1C[C@H](NC(=O)c2cncc(Cl)c2)c2ccsc2S1(=O)=O. The van der Waals surface area contributed by atoms with E-state index < -0.39 is 15.1 Å². The Balaban J connectivity index is 1.89. The zero-order valence-corrected chi connectivity index (χ0v) is 14.0. The fourth-order valence-electron chi connectivity index (χ4n) is 2.48. The highest BCUT2D eigenvalue weighted by atomic mass is 35.5. The van der Waals surface area contributed by atoms with Crippen LogP contribution in [0.1, 0.15) is 35.3 Å². The number of nitrogens with zero attached hydrogens (tertiary/aromatic N) is 1. The summed E-state index contributed by atoms with van der Waals surface area (Å²) in [5.41, 5.74) is 1.01. The Bertz CT molecular complexity index is 832. The molecule has 0 saturated carbocycles. The van der Waals surface area contributed by atoms with Gasteiger partial charge in [0.1, 0.15) is 4.21 Å². The fraction of sp³-hybridized carbons (Fsp3) is 0.286. The van der Waals surface area contributed by atoms with Gasteiger partial charge in [-0.2, -0.15) is 0 Å². The van der Waals surface area contributed by atoms with Crippen LogP contribution in [0, 0.1) is 0 Å². The van der Waals surface area contributed by atoms with Crippen LogP contribution < -0.4 is 5.32 Å². The van der Waals surface area contributed by atoms with Crippen molar-refractivity contribution in [3.8, 4) is 0 Å². The van der Waals surface area contributed by atoms with Gasteiger partial charge >= 0.3 is 0 Å². The standard InChI is InChI=1S/C14H13ClN2O3S2/c1-8-4-12(11-2-3-21-14(11)22(8,19)20)17-13(18)9-5-10(15)7-16-6-9/h2-3,5-8,12H,4H2,1H3,(H,17,18)/t8-,12-/m0/s1. The van der Waals surface area contributed by atoms with E-state index in [4.69, 9.17) is 11.6 Å². The predicted molar refractivity (Wildman–Crippen MR) is 85.0 cm³/mol. The number of aromatic nitrogens is 1. The first-order valence-electron chi connectivity index (χ1n) is 6.62. The minimum Gasteiger partial charge on any atom is -0.345 e. The van der Waals surface area contributed by atoms with Gasteiger partial charge in [-0.1, -0.05) is 11.6 Å². The molecule has 0 saturated heterocycles. The molecule has 0 aliphatic carbocycles. The number of carbonyl (C=O) groups is 1. The number of rotatable bonds is 2. The molecule has 1 N–H and O–H groups in total. The Hall–Kier alpha value is -1.44. The number of carbonyl (C=O) groups excluding carboxylic acids is 1. The molecule has 0 unspecified atom stereocenters. The van der Waals surface area contributed by atoms with Crippen LogP contribution >= 0.6 is 22.9 Å². The Morgan fingerprint density at radius 3 is 2.95 bits per heavy atom. The number of pyridine rings is 1. The largest absolute Gasteiger partial charge is 0.345 e. The summed E-state index contributed by atoms with van der Waals surface area (Å²) in [6.45, 7) is 1.66. The average Bonchev–Trinajstić information content (AvgIpc) is 2.95. The van der Waals surface area contributed by atoms with E-state index in [-0.39, 0.29) is 11.9 Å². The molecular formula is C14H13ClN2O3S2. The summed E-state index contributed by atoms with van der Waals surface area (Å²) < 4.78 is 24.9. The van der Waals surface area contributed by atoms with Crippen LogP contribution in [0.2, 0.25) is 5.02 Å². The molecule has 0 aromatic carbocycles. The minimum absolute atomic E-state index is 0.316. The van der Waals surface area contributed by atoms with Crippen molar-refractivity contribution in [1.82, 2.24) is 10.3 Å². The summed E-state index contributed by atoms with van der Waals surface area (Å²) in [5.74, 6) is -0.316. The monoisotopic (exact) mass is 356 g/mol. The number of sulfone groups is 1. The molecule has 2 aromatic rings.